The number of para-hydroxylation sites is 1. The zero-order valence-electron chi connectivity index (χ0n) is 39.0. The lowest BCUT2D eigenvalue weighted by Crippen LogP contribution is -2.48. The van der Waals surface area contributed by atoms with Crippen LogP contribution in [-0.2, 0) is 20.7 Å². The van der Waals surface area contributed by atoms with Crippen LogP contribution in [0.2, 0.25) is 0 Å². The number of hydrogen-bond acceptors (Lipinski definition) is 14. The van der Waals surface area contributed by atoms with Crippen LogP contribution in [0.4, 0.5) is 5.82 Å². The van der Waals surface area contributed by atoms with Gasteiger partial charge in [-0.1, -0.05) is 74.5 Å². The second-order valence-corrected chi connectivity index (χ2v) is 18.3. The molecule has 68 heavy (non-hydrogen) atoms. The smallest absolute Gasteiger partial charge is 0.254 e. The van der Waals surface area contributed by atoms with Gasteiger partial charge in [-0.3, -0.25) is 14.3 Å². The highest BCUT2D eigenvalue weighted by Crippen LogP contribution is 2.35. The van der Waals surface area contributed by atoms with E-state index in [9.17, 15) is 14.7 Å². The Kier molecular flexibility index (Phi) is 14.9. The van der Waals surface area contributed by atoms with E-state index < -0.39 is 18.1 Å². The van der Waals surface area contributed by atoms with Crippen molar-refractivity contribution in [3.05, 3.63) is 131 Å². The number of benzene rings is 3. The van der Waals surface area contributed by atoms with Crippen LogP contribution in [0.25, 0.3) is 32.8 Å². The highest BCUT2D eigenvalue weighted by molar-refractivity contribution is 7.13. The number of hydrogen-bond donors (Lipinski definition) is 3. The molecule has 8 rings (SSSR count). The summed E-state index contributed by atoms with van der Waals surface area (Å²) in [7, 11) is 1.57. The molecule has 1 saturated heterocycles. The molecular formula is C51H57N9O7S. The van der Waals surface area contributed by atoms with Crippen LogP contribution >= 0.6 is 11.3 Å². The lowest BCUT2D eigenvalue weighted by Gasteiger charge is -2.29. The van der Waals surface area contributed by atoms with Gasteiger partial charge >= 0.3 is 0 Å². The van der Waals surface area contributed by atoms with Crippen LogP contribution in [0.15, 0.2) is 107 Å². The number of methoxy groups -OCH3 is 1. The van der Waals surface area contributed by atoms with Gasteiger partial charge in [-0.15, -0.1) is 21.5 Å². The van der Waals surface area contributed by atoms with Gasteiger partial charge in [-0.2, -0.15) is 5.10 Å². The molecule has 3 aromatic carbocycles. The second-order valence-electron chi connectivity index (χ2n) is 17.5. The Morgan fingerprint density at radius 2 is 1.72 bits per heavy atom. The molecule has 0 spiro atoms. The minimum absolute atomic E-state index is 0.0447. The number of aliphatic hydroxyl groups is 1. The number of nitrogens with zero attached hydrogens (tertiary/aromatic N) is 7. The van der Waals surface area contributed by atoms with Crippen molar-refractivity contribution in [2.45, 2.75) is 84.0 Å². The molecule has 5 heterocycles. The molecule has 0 aliphatic carbocycles. The highest BCUT2D eigenvalue weighted by Gasteiger charge is 2.43. The maximum absolute atomic E-state index is 14.2. The van der Waals surface area contributed by atoms with Crippen LogP contribution in [0.1, 0.15) is 86.7 Å². The van der Waals surface area contributed by atoms with Crippen molar-refractivity contribution in [2.24, 2.45) is 5.92 Å². The summed E-state index contributed by atoms with van der Waals surface area (Å²) in [4.78, 5) is 34.8. The number of nitrogen functional groups attached to an aromatic ring is 1. The van der Waals surface area contributed by atoms with Crippen molar-refractivity contribution < 1.29 is 33.4 Å². The number of thiazole rings is 1. The van der Waals surface area contributed by atoms with E-state index in [1.165, 1.54) is 4.90 Å². The Bertz CT molecular complexity index is 2810. The fourth-order valence-corrected chi connectivity index (χ4v) is 9.36. The number of likely N-dealkylation sites (tertiary alicyclic amines) is 1. The molecule has 0 radical (unpaired) electrons. The number of amides is 2. The second kappa shape index (κ2) is 21.3. The van der Waals surface area contributed by atoms with E-state index in [0.29, 0.717) is 35.2 Å². The molecule has 1 aliphatic rings. The summed E-state index contributed by atoms with van der Waals surface area (Å²) in [5.41, 5.74) is 16.3. The Labute approximate surface area is 399 Å². The molecule has 0 bridgehead atoms. The first-order valence-electron chi connectivity index (χ1n) is 22.7. The maximum Gasteiger partial charge on any atom is 0.254 e. The van der Waals surface area contributed by atoms with E-state index in [1.807, 2.05) is 98.7 Å². The van der Waals surface area contributed by atoms with Crippen LogP contribution in [-0.4, -0.2) is 91.1 Å². The van der Waals surface area contributed by atoms with E-state index in [-0.39, 0.29) is 55.5 Å². The summed E-state index contributed by atoms with van der Waals surface area (Å²) in [6.07, 6.45) is 4.53. The maximum atomic E-state index is 14.2. The van der Waals surface area contributed by atoms with Crippen LogP contribution in [0, 0.1) is 12.8 Å². The predicted octanol–water partition coefficient (Wildman–Crippen LogP) is 8.19. The summed E-state index contributed by atoms with van der Waals surface area (Å²) < 4.78 is 24.4. The van der Waals surface area contributed by atoms with Crippen molar-refractivity contribution in [2.75, 3.05) is 32.8 Å². The summed E-state index contributed by atoms with van der Waals surface area (Å²) in [5, 5.41) is 31.1. The van der Waals surface area contributed by atoms with Crippen molar-refractivity contribution in [1.29, 1.82) is 0 Å². The largest absolute Gasteiger partial charge is 0.475 e. The molecular weight excluding hydrogens is 883 g/mol. The van der Waals surface area contributed by atoms with Crippen molar-refractivity contribution >= 4 is 29.0 Å². The first-order chi connectivity index (χ1) is 32.9. The standard InChI is InChI=1S/C51H57N9O7S/c1-30(2)47(51(63)59-27-39(61)22-43(59)50(62)55-31(3)35-17-19-37(20-18-35)48-32(4)53-28-68-48)45-24-46(58-67-45)65-21-9-10-34-13-15-36(16-14-34)33(5)60-26-38(25-54-60)41-23-42(56-57-49(41)52)40-11-7-8-12-44(40)66-29-64-6/h7-8,11-20,23-26,28,30-31,33,39,43,47,61H,9-10,21-22,27,29H2,1-6H3,(H2,52,57)(H,55,62)/t31-,33?,39+,43-,47?/m0/s1. The Morgan fingerprint density at radius 3 is 2.46 bits per heavy atom. The van der Waals surface area contributed by atoms with Crippen LogP contribution < -0.4 is 20.5 Å². The Hall–Kier alpha value is -6.95. The van der Waals surface area contributed by atoms with E-state index >= 15 is 0 Å². The fourth-order valence-electron chi connectivity index (χ4n) is 8.55. The molecule has 1 aliphatic heterocycles. The molecule has 5 atom stereocenters. The zero-order valence-corrected chi connectivity index (χ0v) is 39.9. The number of ether oxygens (including phenoxy) is 3. The average molecular weight is 940 g/mol. The van der Waals surface area contributed by atoms with Gasteiger partial charge in [-0.05, 0) is 85.1 Å². The molecule has 354 valence electrons. The van der Waals surface area contributed by atoms with E-state index in [0.717, 1.165) is 56.8 Å². The third-order valence-electron chi connectivity index (χ3n) is 12.3. The molecule has 0 saturated carbocycles. The number of aliphatic hydroxyl groups excluding tert-OH is 1. The van der Waals surface area contributed by atoms with Crippen molar-refractivity contribution in [1.82, 2.24) is 40.3 Å². The molecule has 4 aromatic heterocycles. The number of aryl methyl sites for hydroxylation is 2. The first-order valence-corrected chi connectivity index (χ1v) is 23.6. The number of aromatic nitrogens is 6. The minimum Gasteiger partial charge on any atom is -0.475 e. The Morgan fingerprint density at radius 1 is 0.956 bits per heavy atom. The molecule has 17 heteroatoms. The van der Waals surface area contributed by atoms with Gasteiger partial charge in [0, 0.05) is 49.0 Å². The number of rotatable bonds is 19. The molecule has 1 fully saturated rings. The monoisotopic (exact) mass is 939 g/mol. The summed E-state index contributed by atoms with van der Waals surface area (Å²) in [6, 6.07) is 26.3. The number of anilines is 1. The van der Waals surface area contributed by atoms with Gasteiger partial charge < -0.3 is 39.8 Å². The third-order valence-corrected chi connectivity index (χ3v) is 13.3. The number of nitrogens with two attached hydrogens (primary N) is 1. The van der Waals surface area contributed by atoms with Gasteiger partial charge in [0.15, 0.2) is 18.4 Å². The van der Waals surface area contributed by atoms with Crippen LogP contribution in [0.5, 0.6) is 11.6 Å². The Balaban J connectivity index is 0.832. The number of carbonyl (C=O) groups is 2. The molecule has 7 aromatic rings. The summed E-state index contributed by atoms with van der Waals surface area (Å²) >= 11 is 1.59. The summed E-state index contributed by atoms with van der Waals surface area (Å²) in [5.74, 6) is 0.00240. The van der Waals surface area contributed by atoms with Crippen molar-refractivity contribution in [3.8, 4) is 44.5 Å². The fraction of sp³-hybridized carbons (Fsp3) is 0.353. The first kappa shape index (κ1) is 47.5. The van der Waals surface area contributed by atoms with E-state index in [2.05, 4.69) is 61.9 Å². The number of β-amino-alcohol motifs (C(OH)–C–C–N with tert-alkyl or cyclic N) is 1. The van der Waals surface area contributed by atoms with E-state index in [1.54, 1.807) is 30.7 Å². The minimum atomic E-state index is -0.837. The predicted molar refractivity (Wildman–Crippen MR) is 259 cm³/mol. The lowest BCUT2D eigenvalue weighted by molar-refractivity contribution is -0.141. The highest BCUT2D eigenvalue weighted by atomic mass is 32.1. The van der Waals surface area contributed by atoms with Gasteiger partial charge in [0.05, 0.1) is 52.8 Å². The van der Waals surface area contributed by atoms with Crippen LogP contribution in [0.3, 0.4) is 0 Å². The number of nitrogens with one attached hydrogen (secondary N) is 1. The van der Waals surface area contributed by atoms with Gasteiger partial charge in [0.25, 0.3) is 5.88 Å². The summed E-state index contributed by atoms with van der Waals surface area (Å²) in [6.45, 7) is 10.3. The molecule has 2 amide bonds. The van der Waals surface area contributed by atoms with Gasteiger partial charge in [0.2, 0.25) is 11.8 Å². The topological polar surface area (TPSA) is 206 Å². The third kappa shape index (κ3) is 10.8. The van der Waals surface area contributed by atoms with Gasteiger partial charge in [-0.25, -0.2) is 4.98 Å². The van der Waals surface area contributed by atoms with Crippen molar-refractivity contribution in [3.63, 3.8) is 0 Å². The lowest BCUT2D eigenvalue weighted by atomic mass is 9.91. The molecule has 2 unspecified atom stereocenters. The molecule has 4 N–H and O–H groups in total. The van der Waals surface area contributed by atoms with Gasteiger partial charge in [0.1, 0.15) is 17.7 Å². The average Bonchev–Trinajstić information content (AvgIpc) is 4.18. The number of carbonyl (C=O) groups excluding carboxylic acids is 2. The SMILES string of the molecule is COCOc1ccccc1-c1cc(-c2cnn(C(C)c3ccc(CCCOc4cc(C(C(=O)N5C[C@H](O)C[C@H]5C(=O)N[C@@H](C)c5ccc(-c6scnc6C)cc5)C(C)C)on4)cc3)c2)c(N)nn1. The normalized spacial score (nSPS) is 16.1. The zero-order chi connectivity index (χ0) is 47.9. The quantitative estimate of drug-likeness (QED) is 0.0517. The molecule has 16 nitrogen and oxygen atoms in total. The van der Waals surface area contributed by atoms with E-state index in [4.69, 9.17) is 24.5 Å².